The molecule has 2 aliphatic rings. The third-order valence-corrected chi connectivity index (χ3v) is 4.93. The standard InChI is InChI=1S/C21H16N2O4/c1-12(24)13-7-9-14(10-8-13)23-18(25)11-16(20(23)26)19-15-5-3-4-6-17(15)22(2)21(19)27/h3-10H,11H2,1-2H3. The molecule has 6 nitrogen and oxygen atoms in total. The Balaban J connectivity index is 1.79. The number of rotatable bonds is 2. The molecule has 2 aromatic rings. The number of anilines is 2. The minimum atomic E-state index is -0.496. The zero-order valence-corrected chi connectivity index (χ0v) is 14.9. The van der Waals surface area contributed by atoms with E-state index >= 15 is 0 Å². The Kier molecular flexibility index (Phi) is 3.77. The van der Waals surface area contributed by atoms with Gasteiger partial charge in [-0.2, -0.15) is 0 Å². The van der Waals surface area contributed by atoms with Crippen molar-refractivity contribution < 1.29 is 19.2 Å². The Hall–Kier alpha value is -3.54. The second kappa shape index (κ2) is 6.02. The Labute approximate surface area is 155 Å². The highest BCUT2D eigenvalue weighted by Gasteiger charge is 2.42. The maximum Gasteiger partial charge on any atom is 0.262 e. The van der Waals surface area contributed by atoms with Crippen LogP contribution in [0.2, 0.25) is 0 Å². The van der Waals surface area contributed by atoms with Gasteiger partial charge in [-0.1, -0.05) is 18.2 Å². The molecule has 4 rings (SSSR count). The molecular weight excluding hydrogens is 344 g/mol. The molecule has 2 heterocycles. The van der Waals surface area contributed by atoms with Gasteiger partial charge in [0.25, 0.3) is 11.8 Å². The number of nitrogens with zero attached hydrogens (tertiary/aromatic N) is 2. The first-order valence-electron chi connectivity index (χ1n) is 8.49. The highest BCUT2D eigenvalue weighted by Crippen LogP contribution is 2.40. The summed E-state index contributed by atoms with van der Waals surface area (Å²) >= 11 is 0. The van der Waals surface area contributed by atoms with Crippen LogP contribution in [0.3, 0.4) is 0 Å². The minimum Gasteiger partial charge on any atom is -0.311 e. The number of para-hydroxylation sites is 1. The molecule has 2 aliphatic heterocycles. The van der Waals surface area contributed by atoms with Gasteiger partial charge in [-0.05, 0) is 37.3 Å². The maximum atomic E-state index is 13.0. The third-order valence-electron chi connectivity index (χ3n) is 4.93. The third kappa shape index (κ3) is 2.49. The van der Waals surface area contributed by atoms with Crippen LogP contribution in [0.1, 0.15) is 29.3 Å². The van der Waals surface area contributed by atoms with Crippen molar-refractivity contribution in [3.05, 3.63) is 65.2 Å². The van der Waals surface area contributed by atoms with Crippen molar-refractivity contribution in [3.8, 4) is 0 Å². The van der Waals surface area contributed by atoms with Crippen LogP contribution < -0.4 is 9.80 Å². The molecule has 0 N–H and O–H groups in total. The van der Waals surface area contributed by atoms with Gasteiger partial charge in [0.1, 0.15) is 0 Å². The fourth-order valence-electron chi connectivity index (χ4n) is 3.52. The molecule has 0 aromatic heterocycles. The lowest BCUT2D eigenvalue weighted by Crippen LogP contribution is -2.29. The Bertz CT molecular complexity index is 1050. The number of hydrogen-bond donors (Lipinski definition) is 0. The summed E-state index contributed by atoms with van der Waals surface area (Å²) in [5, 5.41) is 0. The van der Waals surface area contributed by atoms with E-state index in [1.54, 1.807) is 49.5 Å². The fraction of sp³-hybridized carbons (Fsp3) is 0.143. The van der Waals surface area contributed by atoms with Crippen LogP contribution in [0.15, 0.2) is 54.1 Å². The van der Waals surface area contributed by atoms with Gasteiger partial charge in [0, 0.05) is 23.7 Å². The van der Waals surface area contributed by atoms with E-state index < -0.39 is 11.8 Å². The molecule has 2 aromatic carbocycles. The molecule has 0 aliphatic carbocycles. The van der Waals surface area contributed by atoms with Crippen molar-refractivity contribution in [1.29, 1.82) is 0 Å². The van der Waals surface area contributed by atoms with Crippen LogP contribution >= 0.6 is 0 Å². The molecule has 0 atom stereocenters. The molecule has 6 heteroatoms. The number of fused-ring (bicyclic) bond motifs is 1. The van der Waals surface area contributed by atoms with Crippen LogP contribution in [-0.2, 0) is 14.4 Å². The van der Waals surface area contributed by atoms with Gasteiger partial charge >= 0.3 is 0 Å². The Morgan fingerprint density at radius 3 is 2.26 bits per heavy atom. The topological polar surface area (TPSA) is 74.8 Å². The number of imide groups is 1. The second-order valence-electron chi connectivity index (χ2n) is 6.55. The van der Waals surface area contributed by atoms with Crippen LogP contribution in [0, 0.1) is 0 Å². The molecule has 0 bridgehead atoms. The van der Waals surface area contributed by atoms with E-state index in [-0.39, 0.29) is 29.3 Å². The van der Waals surface area contributed by atoms with Gasteiger partial charge in [-0.3, -0.25) is 19.2 Å². The molecule has 27 heavy (non-hydrogen) atoms. The molecular formula is C21H16N2O4. The average molecular weight is 360 g/mol. The van der Waals surface area contributed by atoms with Crippen molar-refractivity contribution in [3.63, 3.8) is 0 Å². The van der Waals surface area contributed by atoms with Crippen LogP contribution in [0.4, 0.5) is 11.4 Å². The predicted octanol–water partition coefficient (Wildman–Crippen LogP) is 2.58. The van der Waals surface area contributed by atoms with E-state index in [9.17, 15) is 19.2 Å². The molecule has 0 spiro atoms. The molecule has 0 unspecified atom stereocenters. The summed E-state index contributed by atoms with van der Waals surface area (Å²) in [7, 11) is 1.65. The zero-order chi connectivity index (χ0) is 19.3. The molecule has 0 radical (unpaired) electrons. The molecule has 1 fully saturated rings. The normalized spacial score (nSPS) is 19.1. The van der Waals surface area contributed by atoms with Crippen molar-refractivity contribution in [2.75, 3.05) is 16.8 Å². The average Bonchev–Trinajstić information content (AvgIpc) is 3.08. The van der Waals surface area contributed by atoms with E-state index in [1.165, 1.54) is 11.8 Å². The smallest absolute Gasteiger partial charge is 0.262 e. The van der Waals surface area contributed by atoms with Crippen LogP contribution in [0.5, 0.6) is 0 Å². The molecule has 1 saturated heterocycles. The van der Waals surface area contributed by atoms with Gasteiger partial charge in [0.2, 0.25) is 5.91 Å². The molecule has 0 saturated carbocycles. The monoisotopic (exact) mass is 360 g/mol. The zero-order valence-electron chi connectivity index (χ0n) is 14.9. The number of benzene rings is 2. The van der Waals surface area contributed by atoms with E-state index in [1.807, 2.05) is 6.07 Å². The van der Waals surface area contributed by atoms with Gasteiger partial charge in [-0.15, -0.1) is 0 Å². The quantitative estimate of drug-likeness (QED) is 0.469. The van der Waals surface area contributed by atoms with Crippen LogP contribution in [-0.4, -0.2) is 30.6 Å². The highest BCUT2D eigenvalue weighted by molar-refractivity contribution is 6.41. The van der Waals surface area contributed by atoms with E-state index in [0.29, 0.717) is 16.8 Å². The van der Waals surface area contributed by atoms with Crippen molar-refractivity contribution in [1.82, 2.24) is 0 Å². The predicted molar refractivity (Wildman–Crippen MR) is 100 cm³/mol. The Morgan fingerprint density at radius 1 is 0.926 bits per heavy atom. The highest BCUT2D eigenvalue weighted by atomic mass is 16.2. The number of likely N-dealkylation sites (N-methyl/N-ethyl adjacent to an activating group) is 1. The summed E-state index contributed by atoms with van der Waals surface area (Å²) in [6, 6.07) is 13.5. The van der Waals surface area contributed by atoms with Gasteiger partial charge in [-0.25, -0.2) is 4.90 Å². The lowest BCUT2D eigenvalue weighted by atomic mass is 10.00. The Morgan fingerprint density at radius 2 is 1.59 bits per heavy atom. The first-order chi connectivity index (χ1) is 12.9. The number of carbonyl (C=O) groups excluding carboxylic acids is 4. The summed E-state index contributed by atoms with van der Waals surface area (Å²) in [5.74, 6) is -1.28. The second-order valence-corrected chi connectivity index (χ2v) is 6.55. The SMILES string of the molecule is CC(=O)c1ccc(N2C(=O)CC(=C3C(=O)N(C)c4ccccc43)C2=O)cc1. The number of amides is 3. The largest absolute Gasteiger partial charge is 0.311 e. The number of hydrogen-bond acceptors (Lipinski definition) is 4. The lowest BCUT2D eigenvalue weighted by molar-refractivity contribution is -0.121. The van der Waals surface area contributed by atoms with E-state index in [4.69, 9.17) is 0 Å². The summed E-state index contributed by atoms with van der Waals surface area (Å²) in [6.45, 7) is 1.45. The number of carbonyl (C=O) groups is 4. The summed E-state index contributed by atoms with van der Waals surface area (Å²) in [4.78, 5) is 52.2. The fourth-order valence-corrected chi connectivity index (χ4v) is 3.52. The summed E-state index contributed by atoms with van der Waals surface area (Å²) in [6.07, 6.45) is -0.128. The summed E-state index contributed by atoms with van der Waals surface area (Å²) < 4.78 is 0. The van der Waals surface area contributed by atoms with E-state index in [0.717, 1.165) is 10.6 Å². The number of Topliss-reactive ketones (excluding diaryl/α,β-unsaturated/α-hetero) is 1. The summed E-state index contributed by atoms with van der Waals surface area (Å²) in [5.41, 5.74) is 2.76. The van der Waals surface area contributed by atoms with Crippen molar-refractivity contribution in [2.45, 2.75) is 13.3 Å². The van der Waals surface area contributed by atoms with Crippen molar-refractivity contribution >= 4 is 40.5 Å². The van der Waals surface area contributed by atoms with Crippen molar-refractivity contribution in [2.24, 2.45) is 0 Å². The maximum absolute atomic E-state index is 13.0. The number of ketones is 1. The van der Waals surface area contributed by atoms with Crippen LogP contribution in [0.25, 0.3) is 5.57 Å². The minimum absolute atomic E-state index is 0.0976. The van der Waals surface area contributed by atoms with Gasteiger partial charge < -0.3 is 4.90 Å². The molecule has 134 valence electrons. The lowest BCUT2D eigenvalue weighted by Gasteiger charge is -2.14. The van der Waals surface area contributed by atoms with Gasteiger partial charge in [0.05, 0.1) is 23.4 Å². The molecule has 3 amide bonds. The first-order valence-corrected chi connectivity index (χ1v) is 8.49. The van der Waals surface area contributed by atoms with Gasteiger partial charge in [0.15, 0.2) is 5.78 Å². The van der Waals surface area contributed by atoms with E-state index in [2.05, 4.69) is 0 Å². The first kappa shape index (κ1) is 16.9.